The van der Waals surface area contributed by atoms with Crippen LogP contribution in [-0.2, 0) is 14.3 Å². The molecule has 0 saturated heterocycles. The second-order valence-corrected chi connectivity index (χ2v) is 8.61. The summed E-state index contributed by atoms with van der Waals surface area (Å²) in [6.07, 6.45) is 6.45. The van der Waals surface area contributed by atoms with Gasteiger partial charge in [-0.25, -0.2) is 4.79 Å². The fourth-order valence-electron chi connectivity index (χ4n) is 3.38. The number of carbonyl (C=O) groups is 1. The summed E-state index contributed by atoms with van der Waals surface area (Å²) in [7, 11) is 0. The van der Waals surface area contributed by atoms with E-state index in [0.717, 1.165) is 30.4 Å². The predicted octanol–water partition coefficient (Wildman–Crippen LogP) is 3.97. The van der Waals surface area contributed by atoms with Crippen molar-refractivity contribution in [3.63, 3.8) is 0 Å². The maximum atomic E-state index is 12.6. The number of esters is 1. The lowest BCUT2D eigenvalue weighted by atomic mass is 9.92. The second-order valence-electron chi connectivity index (χ2n) is 7.50. The highest BCUT2D eigenvalue weighted by molar-refractivity contribution is 8.05. The van der Waals surface area contributed by atoms with Gasteiger partial charge in [-0.3, -0.25) is 0 Å². The highest BCUT2D eigenvalue weighted by atomic mass is 32.2. The molecule has 0 radical (unpaired) electrons. The first kappa shape index (κ1) is 18.7. The Morgan fingerprint density at radius 3 is 2.77 bits per heavy atom. The van der Waals surface area contributed by atoms with E-state index in [9.17, 15) is 4.79 Å². The van der Waals surface area contributed by atoms with Gasteiger partial charge in [-0.2, -0.15) is 0 Å². The molecule has 0 amide bonds. The lowest BCUT2D eigenvalue weighted by Gasteiger charge is -2.28. The summed E-state index contributed by atoms with van der Waals surface area (Å²) in [6, 6.07) is 0. The van der Waals surface area contributed by atoms with Gasteiger partial charge in [0.05, 0.1) is 12.0 Å². The van der Waals surface area contributed by atoms with Gasteiger partial charge in [0.2, 0.25) is 0 Å². The molecular formula is C20H26N2O3S. The van der Waals surface area contributed by atoms with E-state index in [2.05, 4.69) is 11.9 Å². The Kier molecular flexibility index (Phi) is 4.97. The Hall–Kier alpha value is -2.08. The molecule has 1 atom stereocenters. The average molecular weight is 375 g/mol. The van der Waals surface area contributed by atoms with Gasteiger partial charge >= 0.3 is 5.97 Å². The van der Waals surface area contributed by atoms with Gasteiger partial charge < -0.3 is 20.5 Å². The molecular weight excluding hydrogens is 348 g/mol. The smallest absolute Gasteiger partial charge is 0.347 e. The van der Waals surface area contributed by atoms with Crippen molar-refractivity contribution >= 4 is 17.7 Å². The Morgan fingerprint density at radius 2 is 2.12 bits per heavy atom. The van der Waals surface area contributed by atoms with Crippen LogP contribution in [0.25, 0.3) is 0 Å². The second kappa shape index (κ2) is 6.91. The summed E-state index contributed by atoms with van der Waals surface area (Å²) in [6.45, 7) is 11.5. The van der Waals surface area contributed by atoms with Crippen molar-refractivity contribution in [3.8, 4) is 0 Å². The Morgan fingerprint density at radius 1 is 1.38 bits per heavy atom. The van der Waals surface area contributed by atoms with Crippen molar-refractivity contribution in [1.82, 2.24) is 5.32 Å². The van der Waals surface area contributed by atoms with E-state index in [0.29, 0.717) is 16.4 Å². The van der Waals surface area contributed by atoms with Crippen molar-refractivity contribution < 1.29 is 14.3 Å². The Labute approximate surface area is 159 Å². The number of dihydropyridines is 1. The van der Waals surface area contributed by atoms with Crippen molar-refractivity contribution in [1.29, 1.82) is 0 Å². The minimum atomic E-state index is -0.567. The standard InChI is InChI=1S/C20H26N2O3S/c1-6-10-24-11(2)14-12-8-7-9-13(12)22-18-15(14)16(21)17(26-18)19(23)25-20(3,4)5/h6,10,18,22H,2,7-9,21H2,1,3-5H3/b10-6-. The van der Waals surface area contributed by atoms with Crippen LogP contribution in [0.2, 0.25) is 0 Å². The van der Waals surface area contributed by atoms with Crippen LogP contribution in [0.5, 0.6) is 0 Å². The van der Waals surface area contributed by atoms with Gasteiger partial charge in [0, 0.05) is 16.8 Å². The molecule has 0 fully saturated rings. The van der Waals surface area contributed by atoms with Gasteiger partial charge in [0.25, 0.3) is 0 Å². The molecule has 3 aliphatic rings. The third-order valence-corrected chi connectivity index (χ3v) is 5.55. The number of ether oxygens (including phenoxy) is 2. The van der Waals surface area contributed by atoms with Crippen LogP contribution < -0.4 is 11.1 Å². The predicted molar refractivity (Wildman–Crippen MR) is 105 cm³/mol. The molecule has 0 saturated carbocycles. The largest absolute Gasteiger partial charge is 0.465 e. The molecule has 0 aromatic heterocycles. The maximum Gasteiger partial charge on any atom is 0.347 e. The molecule has 1 unspecified atom stereocenters. The summed E-state index contributed by atoms with van der Waals surface area (Å²) in [4.78, 5) is 13.0. The topological polar surface area (TPSA) is 73.6 Å². The molecule has 0 spiro atoms. The zero-order valence-electron chi connectivity index (χ0n) is 15.8. The molecule has 0 aromatic carbocycles. The van der Waals surface area contributed by atoms with E-state index < -0.39 is 5.60 Å². The van der Waals surface area contributed by atoms with Gasteiger partial charge in [-0.15, -0.1) is 0 Å². The lowest BCUT2D eigenvalue weighted by molar-refractivity contribution is -0.148. The van der Waals surface area contributed by atoms with E-state index >= 15 is 0 Å². The van der Waals surface area contributed by atoms with Gasteiger partial charge in [0.1, 0.15) is 21.6 Å². The Balaban J connectivity index is 2.04. The molecule has 2 heterocycles. The number of rotatable bonds is 4. The van der Waals surface area contributed by atoms with Crippen molar-refractivity contribution in [2.45, 2.75) is 57.9 Å². The molecule has 0 bridgehead atoms. The fraction of sp³-hybridized carbons (Fsp3) is 0.450. The van der Waals surface area contributed by atoms with Crippen LogP contribution in [0.3, 0.4) is 0 Å². The first-order valence-electron chi connectivity index (χ1n) is 8.83. The van der Waals surface area contributed by atoms with Crippen LogP contribution >= 0.6 is 11.8 Å². The van der Waals surface area contributed by atoms with Gasteiger partial charge in [0.15, 0.2) is 0 Å². The monoisotopic (exact) mass is 374 g/mol. The van der Waals surface area contributed by atoms with Crippen LogP contribution in [0.4, 0.5) is 0 Å². The molecule has 1 aliphatic carbocycles. The SMILES string of the molecule is C=C(O/C=C\C)C1=C2C(N)=C(C(=O)OC(C)(C)C)SC2NC2=C1CCC2. The van der Waals surface area contributed by atoms with Crippen LogP contribution in [0.15, 0.2) is 57.7 Å². The molecule has 0 aromatic rings. The normalized spacial score (nSPS) is 22.5. The van der Waals surface area contributed by atoms with Crippen LogP contribution in [0, 0.1) is 0 Å². The molecule has 2 aliphatic heterocycles. The van der Waals surface area contributed by atoms with Crippen LogP contribution in [-0.4, -0.2) is 16.9 Å². The maximum absolute atomic E-state index is 12.6. The van der Waals surface area contributed by atoms with Crippen LogP contribution in [0.1, 0.15) is 47.0 Å². The number of allylic oxidation sites excluding steroid dienone is 3. The fourth-order valence-corrected chi connectivity index (χ4v) is 4.56. The molecule has 3 N–H and O–H groups in total. The van der Waals surface area contributed by atoms with E-state index in [-0.39, 0.29) is 11.3 Å². The zero-order chi connectivity index (χ0) is 19.1. The zero-order valence-corrected chi connectivity index (χ0v) is 16.6. The third kappa shape index (κ3) is 3.43. The summed E-state index contributed by atoms with van der Waals surface area (Å²) in [5.74, 6) is 0.177. The lowest BCUT2D eigenvalue weighted by Crippen LogP contribution is -2.32. The first-order valence-corrected chi connectivity index (χ1v) is 9.71. The number of hydrogen-bond acceptors (Lipinski definition) is 6. The van der Waals surface area contributed by atoms with Crippen molar-refractivity contribution in [3.05, 3.63) is 57.7 Å². The highest BCUT2D eigenvalue weighted by Gasteiger charge is 2.42. The summed E-state index contributed by atoms with van der Waals surface area (Å²) in [5.41, 5.74) is 10.5. The highest BCUT2D eigenvalue weighted by Crippen LogP contribution is 2.49. The minimum Gasteiger partial charge on any atom is -0.465 e. The van der Waals surface area contributed by atoms with E-state index in [1.165, 1.54) is 23.0 Å². The summed E-state index contributed by atoms with van der Waals surface area (Å²) >= 11 is 1.41. The Bertz CT molecular complexity index is 781. The van der Waals surface area contributed by atoms with Crippen molar-refractivity contribution in [2.75, 3.05) is 0 Å². The molecule has 3 rings (SSSR count). The number of thioether (sulfide) groups is 1. The first-order chi connectivity index (χ1) is 12.2. The number of fused-ring (bicyclic) bond motifs is 1. The van der Waals surface area contributed by atoms with Gasteiger partial charge in [-0.05, 0) is 52.5 Å². The molecule has 140 valence electrons. The quantitative estimate of drug-likeness (QED) is 0.573. The third-order valence-electron chi connectivity index (χ3n) is 4.34. The number of carbonyl (C=O) groups excluding carboxylic acids is 1. The summed E-state index contributed by atoms with van der Waals surface area (Å²) in [5, 5.41) is 3.42. The molecule has 26 heavy (non-hydrogen) atoms. The number of nitrogens with one attached hydrogen (secondary N) is 1. The van der Waals surface area contributed by atoms with E-state index in [4.69, 9.17) is 15.2 Å². The number of nitrogens with two attached hydrogens (primary N) is 1. The average Bonchev–Trinajstić information content (AvgIpc) is 3.13. The van der Waals surface area contributed by atoms with E-state index in [1.54, 1.807) is 6.26 Å². The van der Waals surface area contributed by atoms with E-state index in [1.807, 2.05) is 33.8 Å². The minimum absolute atomic E-state index is 0.115. The molecule has 5 nitrogen and oxygen atoms in total. The molecule has 6 heteroatoms. The number of hydrogen-bond donors (Lipinski definition) is 2. The van der Waals surface area contributed by atoms with Crippen molar-refractivity contribution in [2.24, 2.45) is 5.73 Å². The van der Waals surface area contributed by atoms with Gasteiger partial charge in [-0.1, -0.05) is 24.4 Å². The summed E-state index contributed by atoms with van der Waals surface area (Å²) < 4.78 is 11.2.